The Morgan fingerprint density at radius 2 is 1.77 bits per heavy atom. The van der Waals surface area contributed by atoms with Crippen molar-refractivity contribution in [1.82, 2.24) is 13.5 Å². The van der Waals surface area contributed by atoms with Gasteiger partial charge in [0.25, 0.3) is 0 Å². The summed E-state index contributed by atoms with van der Waals surface area (Å²) in [4.78, 5) is 13.2. The van der Waals surface area contributed by atoms with Crippen LogP contribution in [0.4, 0.5) is 5.69 Å². The molecule has 0 unspecified atom stereocenters. The highest BCUT2D eigenvalue weighted by molar-refractivity contribution is 7.89. The molecule has 2 N–H and O–H groups in total. The second-order valence-electron chi connectivity index (χ2n) is 6.90. The number of aromatic nitrogens is 2. The van der Waals surface area contributed by atoms with Crippen LogP contribution >= 0.6 is 11.7 Å². The number of benzene rings is 3. The third-order valence-electron chi connectivity index (χ3n) is 4.81. The first-order valence-electron chi connectivity index (χ1n) is 9.66. The van der Waals surface area contributed by atoms with Gasteiger partial charge in [-0.1, -0.05) is 55.5 Å². The maximum Gasteiger partial charge on any atom is 0.247 e. The maximum atomic E-state index is 13.2. The number of hydrogen-bond donors (Lipinski definition) is 2. The van der Waals surface area contributed by atoms with Crippen molar-refractivity contribution in [3.8, 4) is 0 Å². The Morgan fingerprint density at radius 3 is 2.55 bits per heavy atom. The Hall–Kier alpha value is -3.14. The van der Waals surface area contributed by atoms with Gasteiger partial charge in [-0.3, -0.25) is 4.79 Å². The van der Waals surface area contributed by atoms with Crippen LogP contribution in [-0.2, 0) is 21.2 Å². The van der Waals surface area contributed by atoms with E-state index < -0.39 is 22.0 Å². The van der Waals surface area contributed by atoms with Gasteiger partial charge in [0, 0.05) is 5.69 Å². The molecule has 0 aliphatic rings. The molecule has 4 aromatic rings. The van der Waals surface area contributed by atoms with Gasteiger partial charge < -0.3 is 5.32 Å². The molecule has 31 heavy (non-hydrogen) atoms. The van der Waals surface area contributed by atoms with Gasteiger partial charge in [-0.2, -0.15) is 13.5 Å². The Labute approximate surface area is 184 Å². The van der Waals surface area contributed by atoms with E-state index >= 15 is 0 Å². The summed E-state index contributed by atoms with van der Waals surface area (Å²) in [6, 6.07) is 19.8. The minimum absolute atomic E-state index is 0.0135. The van der Waals surface area contributed by atoms with Gasteiger partial charge in [0.15, 0.2) is 0 Å². The number of nitrogens with zero attached hydrogens (tertiary/aromatic N) is 2. The molecule has 158 valence electrons. The van der Waals surface area contributed by atoms with Crippen LogP contribution < -0.4 is 10.0 Å². The summed E-state index contributed by atoms with van der Waals surface area (Å²) in [5.74, 6) is -0.480. The van der Waals surface area contributed by atoms with E-state index in [4.69, 9.17) is 0 Å². The summed E-state index contributed by atoms with van der Waals surface area (Å²) in [7, 11) is -4.06. The predicted molar refractivity (Wildman–Crippen MR) is 121 cm³/mol. The fraction of sp³-hybridized carbons (Fsp3) is 0.136. The van der Waals surface area contributed by atoms with E-state index in [1.54, 1.807) is 48.5 Å². The molecule has 0 saturated heterocycles. The molecule has 7 nitrogen and oxygen atoms in total. The van der Waals surface area contributed by atoms with E-state index in [0.29, 0.717) is 16.8 Å². The second-order valence-corrected chi connectivity index (χ2v) is 9.11. The number of carbonyl (C=O) groups is 1. The topological polar surface area (TPSA) is 101 Å². The average molecular weight is 453 g/mol. The van der Waals surface area contributed by atoms with Crippen LogP contribution in [0.3, 0.4) is 0 Å². The molecule has 0 saturated carbocycles. The van der Waals surface area contributed by atoms with E-state index in [0.717, 1.165) is 23.7 Å². The molecule has 0 fully saturated rings. The van der Waals surface area contributed by atoms with Crippen molar-refractivity contribution in [2.45, 2.75) is 24.3 Å². The van der Waals surface area contributed by atoms with E-state index in [-0.39, 0.29) is 10.4 Å². The van der Waals surface area contributed by atoms with Gasteiger partial charge in [0.1, 0.15) is 22.0 Å². The molecule has 0 spiro atoms. The zero-order valence-corrected chi connectivity index (χ0v) is 18.3. The summed E-state index contributed by atoms with van der Waals surface area (Å²) in [6.45, 7) is 2.02. The number of carbonyl (C=O) groups excluding carboxylic acids is 1. The quantitative estimate of drug-likeness (QED) is 0.443. The molecule has 1 heterocycles. The summed E-state index contributed by atoms with van der Waals surface area (Å²) in [5, 5.41) is 2.83. The lowest BCUT2D eigenvalue weighted by Gasteiger charge is -2.19. The zero-order valence-electron chi connectivity index (χ0n) is 16.6. The number of aryl methyl sites for hydroxylation is 1. The molecule has 1 aromatic heterocycles. The van der Waals surface area contributed by atoms with Crippen molar-refractivity contribution < 1.29 is 13.2 Å². The summed E-state index contributed by atoms with van der Waals surface area (Å²) < 4.78 is 37.2. The molecule has 0 bridgehead atoms. The Balaban J connectivity index is 1.68. The number of hydrogen-bond acceptors (Lipinski definition) is 6. The number of amides is 1. The van der Waals surface area contributed by atoms with E-state index in [9.17, 15) is 13.2 Å². The van der Waals surface area contributed by atoms with Gasteiger partial charge in [-0.05, 0) is 41.8 Å². The molecule has 1 amide bonds. The number of nitrogens with one attached hydrogen (secondary N) is 2. The number of fused-ring (bicyclic) bond motifs is 1. The van der Waals surface area contributed by atoms with Crippen molar-refractivity contribution in [2.75, 3.05) is 5.32 Å². The van der Waals surface area contributed by atoms with Crippen molar-refractivity contribution in [2.24, 2.45) is 0 Å². The molecular formula is C22H20N4O3S2. The smallest absolute Gasteiger partial charge is 0.247 e. The van der Waals surface area contributed by atoms with Crippen molar-refractivity contribution >= 4 is 44.4 Å². The van der Waals surface area contributed by atoms with Crippen LogP contribution in [0.5, 0.6) is 0 Å². The fourth-order valence-corrected chi connectivity index (χ4v) is 5.17. The van der Waals surface area contributed by atoms with Gasteiger partial charge in [0.2, 0.25) is 15.9 Å². The van der Waals surface area contributed by atoms with E-state index in [1.165, 1.54) is 6.07 Å². The van der Waals surface area contributed by atoms with E-state index in [1.807, 2.05) is 25.1 Å². The summed E-state index contributed by atoms with van der Waals surface area (Å²) in [6.07, 6.45) is 0.824. The van der Waals surface area contributed by atoms with Crippen LogP contribution in [0.1, 0.15) is 24.1 Å². The van der Waals surface area contributed by atoms with Crippen molar-refractivity contribution in [3.63, 3.8) is 0 Å². The lowest BCUT2D eigenvalue weighted by Crippen LogP contribution is -2.37. The third kappa shape index (κ3) is 4.63. The molecule has 1 atom stereocenters. The SMILES string of the molecule is CCc1cccc(NC(=O)[C@@H](NS(=O)(=O)c2cccc3nsnc23)c2ccccc2)c1. The predicted octanol–water partition coefficient (Wildman–Crippen LogP) is 3.91. The minimum Gasteiger partial charge on any atom is -0.324 e. The van der Waals surface area contributed by atoms with Crippen molar-refractivity contribution in [1.29, 1.82) is 0 Å². The first-order chi connectivity index (χ1) is 15.0. The molecule has 0 radical (unpaired) electrons. The Kier molecular flexibility index (Phi) is 6.08. The Morgan fingerprint density at radius 1 is 1.00 bits per heavy atom. The maximum absolute atomic E-state index is 13.2. The van der Waals surface area contributed by atoms with Crippen LogP contribution in [0.15, 0.2) is 77.7 Å². The van der Waals surface area contributed by atoms with Crippen LogP contribution in [-0.4, -0.2) is 23.1 Å². The molecule has 0 aliphatic carbocycles. The molecule has 3 aromatic carbocycles. The van der Waals surface area contributed by atoms with E-state index in [2.05, 4.69) is 18.8 Å². The fourth-order valence-electron chi connectivity index (χ4n) is 3.22. The number of anilines is 1. The molecule has 9 heteroatoms. The number of rotatable bonds is 7. The van der Waals surface area contributed by atoms with Gasteiger partial charge >= 0.3 is 0 Å². The summed E-state index contributed by atoms with van der Waals surface area (Å²) >= 11 is 0.938. The molecule has 0 aliphatic heterocycles. The third-order valence-corrected chi connectivity index (χ3v) is 6.81. The minimum atomic E-state index is -4.06. The number of sulfonamides is 1. The highest BCUT2D eigenvalue weighted by Crippen LogP contribution is 2.24. The monoisotopic (exact) mass is 452 g/mol. The lowest BCUT2D eigenvalue weighted by atomic mass is 10.1. The highest BCUT2D eigenvalue weighted by Gasteiger charge is 2.29. The standard InChI is InChI=1S/C22H20N4O3S2/c1-2-15-8-6-11-17(14-15)23-22(27)20(16-9-4-3-5-10-16)26-31(28,29)19-13-7-12-18-21(19)25-30-24-18/h3-14,20,26H,2H2,1H3,(H,23,27)/t20-/m0/s1. The first-order valence-corrected chi connectivity index (χ1v) is 11.9. The molecular weight excluding hydrogens is 432 g/mol. The Bertz CT molecular complexity index is 1320. The van der Waals surface area contributed by atoms with Crippen LogP contribution in [0, 0.1) is 0 Å². The van der Waals surface area contributed by atoms with Gasteiger partial charge in [-0.15, -0.1) is 0 Å². The summed E-state index contributed by atoms with van der Waals surface area (Å²) in [5.41, 5.74) is 2.97. The van der Waals surface area contributed by atoms with Gasteiger partial charge in [0.05, 0.1) is 11.7 Å². The normalized spacial score (nSPS) is 12.5. The largest absolute Gasteiger partial charge is 0.324 e. The average Bonchev–Trinajstić information content (AvgIpc) is 3.27. The van der Waals surface area contributed by atoms with Crippen molar-refractivity contribution in [3.05, 3.63) is 83.9 Å². The van der Waals surface area contributed by atoms with Crippen LogP contribution in [0.2, 0.25) is 0 Å². The molecule has 4 rings (SSSR count). The zero-order chi connectivity index (χ0) is 21.8. The second kappa shape index (κ2) is 8.93. The first kappa shape index (κ1) is 21.1. The lowest BCUT2D eigenvalue weighted by molar-refractivity contribution is -0.117. The van der Waals surface area contributed by atoms with Gasteiger partial charge in [-0.25, -0.2) is 8.42 Å². The highest BCUT2D eigenvalue weighted by atomic mass is 32.2. The van der Waals surface area contributed by atoms with Crippen LogP contribution in [0.25, 0.3) is 11.0 Å².